The largest absolute Gasteiger partial charge is 0.361 e. The Hall–Kier alpha value is -1.74. The molecule has 0 bridgehead atoms. The van der Waals surface area contributed by atoms with Gasteiger partial charge in [0, 0.05) is 68.1 Å². The molecule has 0 saturated heterocycles. The molecule has 2 heterocycles. The van der Waals surface area contributed by atoms with E-state index in [0.717, 1.165) is 41.6 Å². The molecule has 2 N–H and O–H groups in total. The third-order valence-corrected chi connectivity index (χ3v) is 4.39. The average molecular weight is 487 g/mol. The van der Waals surface area contributed by atoms with Gasteiger partial charge in [0.1, 0.15) is 0 Å². The predicted octanol–water partition coefficient (Wildman–Crippen LogP) is 3.42. The number of rotatable bonds is 5. The van der Waals surface area contributed by atoms with Gasteiger partial charge in [-0.1, -0.05) is 11.6 Å². The van der Waals surface area contributed by atoms with E-state index in [1.807, 2.05) is 55.6 Å². The molecule has 0 atom stereocenters. The molecule has 0 saturated carbocycles. The van der Waals surface area contributed by atoms with Gasteiger partial charge in [-0.2, -0.15) is 5.10 Å². The highest BCUT2D eigenvalue weighted by Gasteiger charge is 2.09. The predicted molar refractivity (Wildman–Crippen MR) is 118 cm³/mol. The molecule has 0 fully saturated rings. The van der Waals surface area contributed by atoms with Gasteiger partial charge in [-0.25, -0.2) is 0 Å². The normalized spacial score (nSPS) is 11.5. The van der Waals surface area contributed by atoms with Crippen molar-refractivity contribution >= 4 is 52.4 Å². The van der Waals surface area contributed by atoms with Crippen molar-refractivity contribution in [1.82, 2.24) is 25.0 Å². The van der Waals surface area contributed by atoms with Gasteiger partial charge < -0.3 is 15.2 Å². The smallest absolute Gasteiger partial charge is 0.193 e. The molecule has 6 nitrogen and oxygen atoms in total. The van der Waals surface area contributed by atoms with Gasteiger partial charge in [0.05, 0.1) is 6.20 Å². The molecule has 0 radical (unpaired) electrons. The van der Waals surface area contributed by atoms with E-state index >= 15 is 0 Å². The van der Waals surface area contributed by atoms with Crippen molar-refractivity contribution in [2.24, 2.45) is 12.0 Å². The zero-order valence-corrected chi connectivity index (χ0v) is 18.2. The molecule has 2 aromatic heterocycles. The fraction of sp³-hybridized carbons (Fsp3) is 0.333. The number of benzene rings is 1. The molecule has 0 aliphatic rings. The molecular weight excluding hydrogens is 463 g/mol. The second kappa shape index (κ2) is 9.27. The van der Waals surface area contributed by atoms with E-state index in [2.05, 4.69) is 25.3 Å². The van der Waals surface area contributed by atoms with E-state index in [9.17, 15) is 0 Å². The molecule has 0 amide bonds. The first-order chi connectivity index (χ1) is 12.1. The average Bonchev–Trinajstić information content (AvgIpc) is 3.17. The van der Waals surface area contributed by atoms with Crippen LogP contribution in [0.2, 0.25) is 5.02 Å². The second-order valence-electron chi connectivity index (χ2n) is 6.11. The monoisotopic (exact) mass is 486 g/mol. The standard InChI is InChI=1S/C18H23ClN6.HI/c1-20-18(24(2)11-13-9-23-25(3)12-13)21-7-6-14-10-22-17-5-4-15(19)8-16(14)17;/h4-5,8-10,12,22H,6-7,11H2,1-3H3,(H,20,21);1H. The van der Waals surface area contributed by atoms with Crippen LogP contribution < -0.4 is 5.32 Å². The maximum atomic E-state index is 6.11. The number of hydrogen-bond donors (Lipinski definition) is 2. The lowest BCUT2D eigenvalue weighted by molar-refractivity contribution is 0.477. The Morgan fingerprint density at radius 2 is 2.23 bits per heavy atom. The van der Waals surface area contributed by atoms with Crippen LogP contribution in [-0.2, 0) is 20.0 Å². The third kappa shape index (κ3) is 4.91. The molecule has 8 heteroatoms. The quantitative estimate of drug-likeness (QED) is 0.330. The summed E-state index contributed by atoms with van der Waals surface area (Å²) in [6.07, 6.45) is 6.82. The van der Waals surface area contributed by atoms with Crippen LogP contribution in [0.15, 0.2) is 41.8 Å². The topological polar surface area (TPSA) is 61.2 Å². The Bertz CT molecular complexity index is 885. The summed E-state index contributed by atoms with van der Waals surface area (Å²) in [5.41, 5.74) is 3.51. The maximum Gasteiger partial charge on any atom is 0.193 e. The molecule has 0 aliphatic carbocycles. The summed E-state index contributed by atoms with van der Waals surface area (Å²) in [7, 11) is 5.74. The summed E-state index contributed by atoms with van der Waals surface area (Å²) in [5, 5.41) is 9.55. The first-order valence-corrected chi connectivity index (χ1v) is 8.59. The Labute approximate surface area is 175 Å². The van der Waals surface area contributed by atoms with Crippen molar-refractivity contribution in [3.8, 4) is 0 Å². The van der Waals surface area contributed by atoms with E-state index in [-0.39, 0.29) is 24.0 Å². The van der Waals surface area contributed by atoms with Gasteiger partial charge in [0.15, 0.2) is 5.96 Å². The van der Waals surface area contributed by atoms with Crippen LogP contribution in [0.25, 0.3) is 10.9 Å². The number of hydrogen-bond acceptors (Lipinski definition) is 2. The lowest BCUT2D eigenvalue weighted by Gasteiger charge is -2.21. The van der Waals surface area contributed by atoms with Crippen molar-refractivity contribution in [1.29, 1.82) is 0 Å². The number of halogens is 2. The minimum atomic E-state index is 0. The van der Waals surface area contributed by atoms with Gasteiger partial charge >= 0.3 is 0 Å². The molecule has 0 unspecified atom stereocenters. The molecule has 3 aromatic rings. The van der Waals surface area contributed by atoms with Gasteiger partial charge in [-0.05, 0) is 30.2 Å². The highest BCUT2D eigenvalue weighted by molar-refractivity contribution is 14.0. The van der Waals surface area contributed by atoms with Crippen LogP contribution in [0.4, 0.5) is 0 Å². The first kappa shape index (κ1) is 20.6. The van der Waals surface area contributed by atoms with Gasteiger partial charge in [-0.15, -0.1) is 24.0 Å². The van der Waals surface area contributed by atoms with E-state index < -0.39 is 0 Å². The summed E-state index contributed by atoms with van der Waals surface area (Å²) in [6.45, 7) is 1.56. The van der Waals surface area contributed by atoms with Gasteiger partial charge in [0.2, 0.25) is 0 Å². The number of fused-ring (bicyclic) bond motifs is 1. The lowest BCUT2D eigenvalue weighted by Crippen LogP contribution is -2.39. The highest BCUT2D eigenvalue weighted by Crippen LogP contribution is 2.22. The Morgan fingerprint density at radius 3 is 2.92 bits per heavy atom. The minimum Gasteiger partial charge on any atom is -0.361 e. The highest BCUT2D eigenvalue weighted by atomic mass is 127. The molecule has 140 valence electrons. The molecule has 1 aromatic carbocycles. The fourth-order valence-corrected chi connectivity index (χ4v) is 3.13. The van der Waals surface area contributed by atoms with Crippen LogP contribution >= 0.6 is 35.6 Å². The maximum absolute atomic E-state index is 6.11. The third-order valence-electron chi connectivity index (χ3n) is 4.16. The summed E-state index contributed by atoms with van der Waals surface area (Å²) in [4.78, 5) is 9.74. The Balaban J connectivity index is 0.00000243. The number of aryl methyl sites for hydroxylation is 1. The number of aliphatic imine (C=N–C) groups is 1. The first-order valence-electron chi connectivity index (χ1n) is 8.21. The van der Waals surface area contributed by atoms with Crippen LogP contribution in [0, 0.1) is 0 Å². The van der Waals surface area contributed by atoms with Gasteiger partial charge in [-0.3, -0.25) is 9.67 Å². The van der Waals surface area contributed by atoms with Crippen molar-refractivity contribution in [2.75, 3.05) is 20.6 Å². The number of guanidine groups is 1. The summed E-state index contributed by atoms with van der Waals surface area (Å²) in [6, 6.07) is 5.92. The van der Waals surface area contributed by atoms with Crippen LogP contribution in [0.1, 0.15) is 11.1 Å². The zero-order chi connectivity index (χ0) is 17.8. The van der Waals surface area contributed by atoms with Crippen LogP contribution in [0.5, 0.6) is 0 Å². The molecule has 0 aliphatic heterocycles. The lowest BCUT2D eigenvalue weighted by atomic mass is 10.1. The van der Waals surface area contributed by atoms with Crippen molar-refractivity contribution in [3.63, 3.8) is 0 Å². The van der Waals surface area contributed by atoms with Crippen molar-refractivity contribution < 1.29 is 0 Å². The van der Waals surface area contributed by atoms with Crippen LogP contribution in [0.3, 0.4) is 0 Å². The SMILES string of the molecule is CN=C(NCCc1c[nH]c2ccc(Cl)cc12)N(C)Cc1cnn(C)c1.I. The molecule has 0 spiro atoms. The number of nitrogens with zero attached hydrogens (tertiary/aromatic N) is 4. The number of aromatic amines is 1. The number of H-pyrrole nitrogens is 1. The minimum absolute atomic E-state index is 0. The van der Waals surface area contributed by atoms with Crippen LogP contribution in [-0.4, -0.2) is 46.3 Å². The summed E-state index contributed by atoms with van der Waals surface area (Å²) >= 11 is 6.11. The van der Waals surface area contributed by atoms with E-state index in [4.69, 9.17) is 11.6 Å². The molecule has 3 rings (SSSR count). The Morgan fingerprint density at radius 1 is 1.42 bits per heavy atom. The zero-order valence-electron chi connectivity index (χ0n) is 15.2. The van der Waals surface area contributed by atoms with Crippen molar-refractivity contribution in [3.05, 3.63) is 52.9 Å². The summed E-state index contributed by atoms with van der Waals surface area (Å²) < 4.78 is 1.81. The fourth-order valence-electron chi connectivity index (χ4n) is 2.95. The summed E-state index contributed by atoms with van der Waals surface area (Å²) in [5.74, 6) is 0.863. The number of aromatic nitrogens is 3. The second-order valence-corrected chi connectivity index (χ2v) is 6.54. The van der Waals surface area contributed by atoms with E-state index in [0.29, 0.717) is 0 Å². The van der Waals surface area contributed by atoms with Gasteiger partial charge in [0.25, 0.3) is 0 Å². The number of nitrogens with one attached hydrogen (secondary N) is 2. The van der Waals surface area contributed by atoms with E-state index in [1.54, 1.807) is 7.05 Å². The van der Waals surface area contributed by atoms with E-state index in [1.165, 1.54) is 10.9 Å². The molecular formula is C18H24ClIN6. The van der Waals surface area contributed by atoms with Crippen molar-refractivity contribution in [2.45, 2.75) is 13.0 Å². The molecule has 26 heavy (non-hydrogen) atoms. The Kier molecular flexibility index (Phi) is 7.33.